The van der Waals surface area contributed by atoms with Crippen LogP contribution < -0.4 is 0 Å². The molecule has 0 bridgehead atoms. The first-order chi connectivity index (χ1) is 9.19. The zero-order valence-corrected chi connectivity index (χ0v) is 14.8. The fraction of sp³-hybridized carbons (Fsp3) is 0.588. The second kappa shape index (κ2) is 5.24. The molecule has 0 saturated heterocycles. The van der Waals surface area contributed by atoms with Gasteiger partial charge in [0.2, 0.25) is 0 Å². The lowest BCUT2D eigenvalue weighted by Gasteiger charge is -2.30. The lowest BCUT2D eigenvalue weighted by molar-refractivity contribution is -0.139. The Labute approximate surface area is 132 Å². The highest BCUT2D eigenvalue weighted by atomic mass is 32.1. The van der Waals surface area contributed by atoms with E-state index in [9.17, 15) is 15.0 Å². The first-order valence-electron chi connectivity index (χ1n) is 7.03. The molecule has 0 heterocycles. The van der Waals surface area contributed by atoms with Crippen LogP contribution in [0.5, 0.6) is 5.75 Å². The smallest absolute Gasteiger partial charge is 0.323 e. The summed E-state index contributed by atoms with van der Waals surface area (Å²) in [4.78, 5) is 11.5. The summed E-state index contributed by atoms with van der Waals surface area (Å²) in [5.41, 5.74) is 1.49. The lowest BCUT2D eigenvalue weighted by Crippen LogP contribution is -2.28. The Kier molecular flexibility index (Phi) is 4.46. The van der Waals surface area contributed by atoms with Crippen LogP contribution >= 0.6 is 12.6 Å². The van der Waals surface area contributed by atoms with E-state index in [2.05, 4.69) is 12.6 Å². The van der Waals surface area contributed by atoms with Gasteiger partial charge in [-0.1, -0.05) is 41.5 Å². The van der Waals surface area contributed by atoms with Crippen molar-refractivity contribution in [2.45, 2.75) is 64.0 Å². The molecular formula is C17H26O3S. The summed E-state index contributed by atoms with van der Waals surface area (Å²) >= 11 is 4.31. The number of thiol groups is 1. The molecule has 0 fully saturated rings. The van der Waals surface area contributed by atoms with Gasteiger partial charge in [-0.25, -0.2) is 0 Å². The summed E-state index contributed by atoms with van der Waals surface area (Å²) in [5, 5.41) is 20.0. The highest BCUT2D eigenvalue weighted by Gasteiger charge is 2.35. The van der Waals surface area contributed by atoms with E-state index < -0.39 is 10.7 Å². The molecule has 0 spiro atoms. The van der Waals surface area contributed by atoms with Crippen molar-refractivity contribution in [3.8, 4) is 5.75 Å². The van der Waals surface area contributed by atoms with E-state index in [1.807, 2.05) is 41.5 Å². The Morgan fingerprint density at radius 3 is 1.52 bits per heavy atom. The Morgan fingerprint density at radius 1 is 0.952 bits per heavy atom. The normalized spacial score (nSPS) is 15.6. The predicted molar refractivity (Wildman–Crippen MR) is 89.5 cm³/mol. The number of carbonyl (C=O) groups is 1. The number of aliphatic carboxylic acids is 1. The second-order valence-electron chi connectivity index (χ2n) is 7.80. The maximum atomic E-state index is 11.5. The van der Waals surface area contributed by atoms with Crippen LogP contribution in [0.4, 0.5) is 0 Å². The van der Waals surface area contributed by atoms with Gasteiger partial charge in [-0.05, 0) is 46.6 Å². The van der Waals surface area contributed by atoms with E-state index in [1.165, 1.54) is 0 Å². The largest absolute Gasteiger partial charge is 0.507 e. The van der Waals surface area contributed by atoms with Gasteiger partial charge in [0.15, 0.2) is 0 Å². The second-order valence-corrected chi connectivity index (χ2v) is 8.69. The number of carboxylic acids is 1. The molecule has 4 heteroatoms. The quantitative estimate of drug-likeness (QED) is 0.717. The topological polar surface area (TPSA) is 57.5 Å². The number of phenols is 1. The molecule has 1 rings (SSSR count). The van der Waals surface area contributed by atoms with Gasteiger partial charge in [0.05, 0.1) is 0 Å². The number of phenolic OH excluding ortho intramolecular Hbond substituents is 1. The van der Waals surface area contributed by atoms with Gasteiger partial charge >= 0.3 is 5.97 Å². The van der Waals surface area contributed by atoms with E-state index in [0.29, 0.717) is 5.56 Å². The zero-order chi connectivity index (χ0) is 16.8. The fourth-order valence-corrected chi connectivity index (χ4v) is 2.31. The van der Waals surface area contributed by atoms with Gasteiger partial charge < -0.3 is 10.2 Å². The van der Waals surface area contributed by atoms with Crippen molar-refractivity contribution in [3.63, 3.8) is 0 Å². The minimum absolute atomic E-state index is 0.244. The molecule has 0 aliphatic rings. The number of hydrogen-bond donors (Lipinski definition) is 3. The van der Waals surface area contributed by atoms with Crippen molar-refractivity contribution < 1.29 is 15.0 Å². The van der Waals surface area contributed by atoms with E-state index in [-0.39, 0.29) is 16.6 Å². The van der Waals surface area contributed by atoms with Gasteiger partial charge in [0.25, 0.3) is 0 Å². The van der Waals surface area contributed by atoms with Crippen LogP contribution in [0.15, 0.2) is 12.1 Å². The van der Waals surface area contributed by atoms with Crippen molar-refractivity contribution in [1.29, 1.82) is 0 Å². The van der Waals surface area contributed by atoms with E-state index in [4.69, 9.17) is 0 Å². The number of rotatable bonds is 2. The molecule has 0 saturated carbocycles. The third-order valence-corrected chi connectivity index (χ3v) is 4.15. The van der Waals surface area contributed by atoms with Crippen LogP contribution in [0.3, 0.4) is 0 Å². The monoisotopic (exact) mass is 310 g/mol. The molecule has 1 aromatic rings. The molecule has 21 heavy (non-hydrogen) atoms. The summed E-state index contributed by atoms with van der Waals surface area (Å²) in [7, 11) is 0. The van der Waals surface area contributed by atoms with E-state index in [1.54, 1.807) is 19.1 Å². The van der Waals surface area contributed by atoms with Crippen molar-refractivity contribution in [1.82, 2.24) is 0 Å². The van der Waals surface area contributed by atoms with Crippen LogP contribution in [-0.4, -0.2) is 16.2 Å². The molecule has 1 unspecified atom stereocenters. The maximum absolute atomic E-state index is 11.5. The first kappa shape index (κ1) is 17.9. The molecule has 1 aromatic carbocycles. The highest BCUT2D eigenvalue weighted by molar-refractivity contribution is 7.82. The van der Waals surface area contributed by atoms with Crippen LogP contribution in [-0.2, 0) is 20.4 Å². The summed E-state index contributed by atoms with van der Waals surface area (Å²) in [6.45, 7) is 13.5. The Bertz CT molecular complexity index is 525. The molecule has 2 N–H and O–H groups in total. The molecule has 0 aliphatic carbocycles. The van der Waals surface area contributed by atoms with Crippen LogP contribution in [0.2, 0.25) is 0 Å². The Balaban J connectivity index is 3.75. The average Bonchev–Trinajstić information content (AvgIpc) is 2.25. The van der Waals surface area contributed by atoms with Gasteiger partial charge in [-0.2, -0.15) is 12.6 Å². The van der Waals surface area contributed by atoms with Crippen molar-refractivity contribution in [3.05, 3.63) is 28.8 Å². The molecular weight excluding hydrogens is 284 g/mol. The van der Waals surface area contributed by atoms with Crippen molar-refractivity contribution in [2.75, 3.05) is 0 Å². The molecule has 118 valence electrons. The molecule has 0 radical (unpaired) electrons. The summed E-state index contributed by atoms with van der Waals surface area (Å²) in [6, 6.07) is 3.51. The Hall–Kier alpha value is -1.16. The van der Waals surface area contributed by atoms with E-state index in [0.717, 1.165) is 11.1 Å². The summed E-state index contributed by atoms with van der Waals surface area (Å²) in [6.07, 6.45) is 0. The molecule has 0 aliphatic heterocycles. The SMILES string of the molecule is CC(C)(C)c1cc(C(C)(S)C(=O)O)cc(C(C)(C)C)c1O. The molecule has 0 aromatic heterocycles. The minimum atomic E-state index is -1.30. The number of benzene rings is 1. The van der Waals surface area contributed by atoms with Crippen LogP contribution in [0.1, 0.15) is 65.2 Å². The fourth-order valence-electron chi connectivity index (χ4n) is 2.18. The van der Waals surface area contributed by atoms with Gasteiger partial charge in [-0.3, -0.25) is 4.79 Å². The van der Waals surface area contributed by atoms with Crippen molar-refractivity contribution >= 4 is 18.6 Å². The lowest BCUT2D eigenvalue weighted by atomic mass is 9.77. The Morgan fingerprint density at radius 2 is 1.29 bits per heavy atom. The van der Waals surface area contributed by atoms with Crippen LogP contribution in [0.25, 0.3) is 0 Å². The predicted octanol–water partition coefficient (Wildman–Crippen LogP) is 4.22. The summed E-state index contributed by atoms with van der Waals surface area (Å²) in [5.74, 6) is -0.760. The first-order valence-corrected chi connectivity index (χ1v) is 7.48. The summed E-state index contributed by atoms with van der Waals surface area (Å²) < 4.78 is -1.30. The highest BCUT2D eigenvalue weighted by Crippen LogP contribution is 2.42. The van der Waals surface area contributed by atoms with Gasteiger partial charge in [0, 0.05) is 0 Å². The number of carboxylic acid groups (broad SMARTS) is 1. The molecule has 1 atom stereocenters. The number of hydrogen-bond acceptors (Lipinski definition) is 3. The molecule has 3 nitrogen and oxygen atoms in total. The van der Waals surface area contributed by atoms with Crippen LogP contribution in [0, 0.1) is 0 Å². The third-order valence-electron chi connectivity index (χ3n) is 3.70. The molecule has 0 amide bonds. The maximum Gasteiger partial charge on any atom is 0.323 e. The number of aromatic hydroxyl groups is 1. The third kappa shape index (κ3) is 3.54. The minimum Gasteiger partial charge on any atom is -0.507 e. The standard InChI is InChI=1S/C17H26O3S/c1-15(2,3)11-8-10(17(7,21)14(19)20)9-12(13(11)18)16(4,5)6/h8-9,18,21H,1-7H3,(H,19,20). The van der Waals surface area contributed by atoms with Gasteiger partial charge in [0.1, 0.15) is 10.5 Å². The van der Waals surface area contributed by atoms with Gasteiger partial charge in [-0.15, -0.1) is 0 Å². The average molecular weight is 310 g/mol. The van der Waals surface area contributed by atoms with Crippen molar-refractivity contribution in [2.24, 2.45) is 0 Å². The van der Waals surface area contributed by atoms with E-state index >= 15 is 0 Å². The zero-order valence-electron chi connectivity index (χ0n) is 13.9.